The van der Waals surface area contributed by atoms with Crippen LogP contribution in [0.2, 0.25) is 0 Å². The van der Waals surface area contributed by atoms with Crippen LogP contribution in [0.5, 0.6) is 6.01 Å². The van der Waals surface area contributed by atoms with Gasteiger partial charge in [-0.3, -0.25) is 19.4 Å². The highest BCUT2D eigenvalue weighted by Crippen LogP contribution is 2.22. The van der Waals surface area contributed by atoms with Crippen LogP contribution in [0.1, 0.15) is 13.8 Å². The van der Waals surface area contributed by atoms with Crippen molar-refractivity contribution in [1.82, 2.24) is 29.7 Å². The van der Waals surface area contributed by atoms with Gasteiger partial charge >= 0.3 is 17.1 Å². The van der Waals surface area contributed by atoms with Crippen LogP contribution in [0.4, 0.5) is 5.95 Å². The van der Waals surface area contributed by atoms with Gasteiger partial charge in [0.2, 0.25) is 11.1 Å². The van der Waals surface area contributed by atoms with Crippen LogP contribution in [0.15, 0.2) is 19.9 Å². The Balaban J connectivity index is 2.35. The lowest BCUT2D eigenvalue weighted by Gasteiger charge is -2.09. The van der Waals surface area contributed by atoms with E-state index in [0.29, 0.717) is 0 Å². The molecule has 0 aliphatic rings. The zero-order valence-electron chi connectivity index (χ0n) is 11.5. The number of anilines is 1. The third-order valence-corrected chi connectivity index (χ3v) is 3.00. The van der Waals surface area contributed by atoms with Gasteiger partial charge < -0.3 is 10.5 Å². The smallest absolute Gasteiger partial charge is 0.339 e. The fraction of sp³-hybridized carbons (Fsp3) is 0.400. The zero-order chi connectivity index (χ0) is 15.6. The van der Waals surface area contributed by atoms with E-state index in [1.807, 2.05) is 13.8 Å². The Morgan fingerprint density at radius 2 is 1.95 bits per heavy atom. The normalized spacial score (nSPS) is 10.9. The molecule has 0 saturated heterocycles. The van der Waals surface area contributed by atoms with E-state index in [9.17, 15) is 9.59 Å². The summed E-state index contributed by atoms with van der Waals surface area (Å²) >= 11 is 0.952. The molecule has 112 valence electrons. The number of ether oxygens (including phenoxy) is 1. The third-order valence-electron chi connectivity index (χ3n) is 2.08. The lowest BCUT2D eigenvalue weighted by Crippen LogP contribution is -2.33. The Bertz CT molecular complexity index is 770. The predicted molar refractivity (Wildman–Crippen MR) is 74.2 cm³/mol. The SMILES string of the molecule is CC(C)Oc1nc(N)nc(Sc2nc(=O)c(=O)[nH]n2C)n1. The first kappa shape index (κ1) is 15.0. The van der Waals surface area contributed by atoms with E-state index in [-0.39, 0.29) is 28.4 Å². The van der Waals surface area contributed by atoms with Crippen molar-refractivity contribution in [3.8, 4) is 6.01 Å². The Labute approximate surface area is 122 Å². The Morgan fingerprint density at radius 1 is 1.24 bits per heavy atom. The first-order valence-electron chi connectivity index (χ1n) is 5.88. The van der Waals surface area contributed by atoms with Gasteiger partial charge in [0.05, 0.1) is 6.10 Å². The number of rotatable bonds is 4. The summed E-state index contributed by atoms with van der Waals surface area (Å²) in [7, 11) is 1.53. The van der Waals surface area contributed by atoms with Crippen molar-refractivity contribution < 1.29 is 4.74 Å². The summed E-state index contributed by atoms with van der Waals surface area (Å²) in [5.41, 5.74) is 3.88. The number of nitrogen functional groups attached to an aromatic ring is 1. The molecule has 11 heteroatoms. The number of hydrogen-bond acceptors (Lipinski definition) is 9. The monoisotopic (exact) mass is 311 g/mol. The molecule has 0 radical (unpaired) electrons. The van der Waals surface area contributed by atoms with Gasteiger partial charge in [0, 0.05) is 7.05 Å². The molecule has 0 amide bonds. The van der Waals surface area contributed by atoms with E-state index >= 15 is 0 Å². The van der Waals surface area contributed by atoms with Crippen LogP contribution in [0.25, 0.3) is 0 Å². The fourth-order valence-corrected chi connectivity index (χ4v) is 2.03. The van der Waals surface area contributed by atoms with Crippen LogP contribution in [-0.4, -0.2) is 35.8 Å². The molecule has 2 heterocycles. The lowest BCUT2D eigenvalue weighted by atomic mass is 10.5. The molecule has 0 aliphatic heterocycles. The maximum Gasteiger partial charge on any atom is 0.339 e. The quantitative estimate of drug-likeness (QED) is 0.692. The topological polar surface area (TPSA) is 142 Å². The summed E-state index contributed by atoms with van der Waals surface area (Å²) in [4.78, 5) is 37.9. The van der Waals surface area contributed by atoms with Gasteiger partial charge in [-0.25, -0.2) is 0 Å². The molecule has 0 aromatic carbocycles. The maximum absolute atomic E-state index is 11.3. The molecule has 3 N–H and O–H groups in total. The maximum atomic E-state index is 11.3. The highest BCUT2D eigenvalue weighted by molar-refractivity contribution is 7.99. The second-order valence-electron chi connectivity index (χ2n) is 4.23. The van der Waals surface area contributed by atoms with E-state index < -0.39 is 11.1 Å². The molecule has 2 aromatic heterocycles. The number of H-pyrrole nitrogens is 1. The predicted octanol–water partition coefficient (Wildman–Crippen LogP) is -0.826. The molecule has 0 saturated carbocycles. The van der Waals surface area contributed by atoms with E-state index in [4.69, 9.17) is 10.5 Å². The number of aromatic amines is 1. The standard InChI is InChI=1S/C10H13N7O3S/c1-4(2)20-8-13-7(11)14-9(15-8)21-10-12-5(18)6(19)16-17(10)3/h4H,1-3H3,(H,16,19)(H2,11,13,14,15). The Hall–Kier alpha value is -2.43. The largest absolute Gasteiger partial charge is 0.461 e. The second kappa shape index (κ2) is 5.91. The molecule has 10 nitrogen and oxygen atoms in total. The average Bonchev–Trinajstić information content (AvgIpc) is 2.34. The van der Waals surface area contributed by atoms with Crippen LogP contribution in [0, 0.1) is 0 Å². The fourth-order valence-electron chi connectivity index (χ4n) is 1.30. The van der Waals surface area contributed by atoms with Crippen molar-refractivity contribution in [2.75, 3.05) is 5.73 Å². The number of hydrogen-bond donors (Lipinski definition) is 2. The summed E-state index contributed by atoms with van der Waals surface area (Å²) < 4.78 is 6.63. The van der Waals surface area contributed by atoms with Gasteiger partial charge in [-0.05, 0) is 25.6 Å². The van der Waals surface area contributed by atoms with Crippen LogP contribution in [0.3, 0.4) is 0 Å². The van der Waals surface area contributed by atoms with Gasteiger partial charge in [-0.2, -0.15) is 19.9 Å². The summed E-state index contributed by atoms with van der Waals surface area (Å²) in [5.74, 6) is -0.0161. The van der Waals surface area contributed by atoms with Crippen molar-refractivity contribution in [1.29, 1.82) is 0 Å². The molecule has 0 atom stereocenters. The van der Waals surface area contributed by atoms with Crippen LogP contribution < -0.4 is 21.6 Å². The molecule has 21 heavy (non-hydrogen) atoms. The van der Waals surface area contributed by atoms with Crippen molar-refractivity contribution in [3.05, 3.63) is 20.7 Å². The molecule has 0 unspecified atom stereocenters. The van der Waals surface area contributed by atoms with Gasteiger partial charge in [-0.1, -0.05) is 0 Å². The summed E-state index contributed by atoms with van der Waals surface area (Å²) in [6, 6.07) is 0.0782. The summed E-state index contributed by atoms with van der Waals surface area (Å²) in [6.07, 6.45) is -0.125. The Morgan fingerprint density at radius 3 is 2.62 bits per heavy atom. The van der Waals surface area contributed by atoms with Gasteiger partial charge in [0.25, 0.3) is 0 Å². The highest BCUT2D eigenvalue weighted by atomic mass is 32.2. The van der Waals surface area contributed by atoms with E-state index in [0.717, 1.165) is 11.8 Å². The van der Waals surface area contributed by atoms with E-state index in [2.05, 4.69) is 25.0 Å². The molecule has 2 rings (SSSR count). The first-order valence-corrected chi connectivity index (χ1v) is 6.70. The number of nitrogens with zero attached hydrogens (tertiary/aromatic N) is 5. The highest BCUT2D eigenvalue weighted by Gasteiger charge is 2.12. The minimum Gasteiger partial charge on any atom is -0.461 e. The lowest BCUT2D eigenvalue weighted by molar-refractivity contribution is 0.219. The molecule has 0 spiro atoms. The molecule has 2 aromatic rings. The number of aromatic nitrogens is 6. The minimum absolute atomic E-state index is 0.0161. The Kier molecular flexibility index (Phi) is 4.21. The molecule has 0 bridgehead atoms. The summed E-state index contributed by atoms with van der Waals surface area (Å²) in [6.45, 7) is 3.64. The number of nitrogens with two attached hydrogens (primary N) is 1. The summed E-state index contributed by atoms with van der Waals surface area (Å²) in [5, 5.41) is 2.73. The molecular weight excluding hydrogens is 298 g/mol. The number of aryl methyl sites for hydroxylation is 1. The zero-order valence-corrected chi connectivity index (χ0v) is 12.3. The van der Waals surface area contributed by atoms with Crippen molar-refractivity contribution in [2.45, 2.75) is 30.3 Å². The van der Waals surface area contributed by atoms with Crippen molar-refractivity contribution in [2.24, 2.45) is 7.05 Å². The van der Waals surface area contributed by atoms with Crippen LogP contribution in [-0.2, 0) is 7.05 Å². The number of nitrogens with one attached hydrogen (secondary N) is 1. The minimum atomic E-state index is -0.892. The van der Waals surface area contributed by atoms with Gasteiger partial charge in [0.1, 0.15) is 0 Å². The first-order chi connectivity index (χ1) is 9.85. The molecular formula is C10H13N7O3S. The van der Waals surface area contributed by atoms with Crippen molar-refractivity contribution >= 4 is 17.7 Å². The van der Waals surface area contributed by atoms with Gasteiger partial charge in [0.15, 0.2) is 5.16 Å². The van der Waals surface area contributed by atoms with Gasteiger partial charge in [-0.15, -0.1) is 0 Å². The van der Waals surface area contributed by atoms with E-state index in [1.165, 1.54) is 11.7 Å². The third kappa shape index (κ3) is 3.78. The molecule has 0 aliphatic carbocycles. The molecule has 0 fully saturated rings. The second-order valence-corrected chi connectivity index (χ2v) is 5.16. The van der Waals surface area contributed by atoms with E-state index in [1.54, 1.807) is 0 Å². The average molecular weight is 311 g/mol. The van der Waals surface area contributed by atoms with Crippen LogP contribution >= 0.6 is 11.8 Å². The van der Waals surface area contributed by atoms with Crippen molar-refractivity contribution in [3.63, 3.8) is 0 Å².